The van der Waals surface area contributed by atoms with E-state index in [0.717, 1.165) is 0 Å². The Morgan fingerprint density at radius 3 is 1.80 bits per heavy atom. The number of hydrogen-bond donors (Lipinski definition) is 0. The summed E-state index contributed by atoms with van der Waals surface area (Å²) in [6.45, 7) is 18.0. The van der Waals surface area contributed by atoms with Crippen molar-refractivity contribution in [2.75, 3.05) is 0 Å². The molecule has 0 saturated heterocycles. The molecule has 30 heavy (non-hydrogen) atoms. The van der Waals surface area contributed by atoms with Crippen LogP contribution >= 0.6 is 0 Å². The van der Waals surface area contributed by atoms with E-state index in [2.05, 4.69) is 79.7 Å². The topological polar surface area (TPSA) is 0 Å². The van der Waals surface area contributed by atoms with Gasteiger partial charge in [-0.05, 0) is 24.7 Å². The largest absolute Gasteiger partial charge is 4.00 e. The zero-order valence-corrected chi connectivity index (χ0v) is 24.7. The zero-order chi connectivity index (χ0) is 19.9. The van der Waals surface area contributed by atoms with Crippen LogP contribution in [0.25, 0.3) is 10.8 Å². The van der Waals surface area contributed by atoms with E-state index in [1.165, 1.54) is 69.8 Å². The third-order valence-corrected chi connectivity index (χ3v) is 6.61. The number of benzene rings is 1. The van der Waals surface area contributed by atoms with Crippen LogP contribution in [-0.4, -0.2) is 0 Å². The maximum atomic E-state index is 2.46. The molecule has 0 aromatic heterocycles. The van der Waals surface area contributed by atoms with Gasteiger partial charge in [0.25, 0.3) is 0 Å². The Labute approximate surface area is 206 Å². The van der Waals surface area contributed by atoms with Crippen LogP contribution < -0.4 is 0 Å². The molecule has 0 fully saturated rings. The molecule has 0 amide bonds. The number of fused-ring (bicyclic) bond motifs is 2. The Kier molecular flexibility index (Phi) is 10.7. The molecule has 1 aliphatic carbocycles. The van der Waals surface area contributed by atoms with Crippen molar-refractivity contribution >= 4 is 10.8 Å². The first-order chi connectivity index (χ1) is 12.6. The molecule has 0 saturated carbocycles. The van der Waals surface area contributed by atoms with E-state index in [-0.39, 0.29) is 40.7 Å². The van der Waals surface area contributed by atoms with E-state index in [4.69, 9.17) is 0 Å². The predicted octanol–water partition coefficient (Wildman–Crippen LogP) is 8.48. The Balaban J connectivity index is 0.000000569. The molecule has 0 N–H and O–H groups in total. The van der Waals surface area contributed by atoms with Crippen LogP contribution in [0.4, 0.5) is 0 Å². The van der Waals surface area contributed by atoms with Crippen molar-refractivity contribution in [2.24, 2.45) is 5.41 Å². The van der Waals surface area contributed by atoms with Gasteiger partial charge in [0, 0.05) is 0 Å². The van der Waals surface area contributed by atoms with Crippen LogP contribution in [0.15, 0.2) is 24.3 Å². The molecule has 0 heterocycles. The van der Waals surface area contributed by atoms with Gasteiger partial charge in [-0.2, -0.15) is 33.9 Å². The first kappa shape index (κ1) is 29.1. The van der Waals surface area contributed by atoms with E-state index in [9.17, 15) is 0 Å². The fraction of sp³-hybridized carbons (Fsp3) is 0.448. The van der Waals surface area contributed by atoms with Gasteiger partial charge in [-0.25, -0.2) is 0 Å². The maximum absolute atomic E-state index is 2.46. The van der Waals surface area contributed by atoms with E-state index in [0.29, 0.717) is 5.41 Å². The Bertz CT molecular complexity index is 876. The third-order valence-electron chi connectivity index (χ3n) is 6.61. The van der Waals surface area contributed by atoms with E-state index in [1.54, 1.807) is 11.1 Å². The maximum Gasteiger partial charge on any atom is 4.00 e. The van der Waals surface area contributed by atoms with Gasteiger partial charge in [-0.3, -0.25) is 0 Å². The smallest absolute Gasteiger partial charge is 0.358 e. The minimum Gasteiger partial charge on any atom is -0.358 e. The van der Waals surface area contributed by atoms with Crippen molar-refractivity contribution < 1.29 is 25.8 Å². The van der Waals surface area contributed by atoms with Crippen LogP contribution in [0.1, 0.15) is 71.7 Å². The molecule has 1 heteroatoms. The van der Waals surface area contributed by atoms with Crippen LogP contribution in [0.5, 0.6) is 0 Å². The van der Waals surface area contributed by atoms with Crippen molar-refractivity contribution in [3.05, 3.63) is 83.6 Å². The first-order valence-corrected chi connectivity index (χ1v) is 10.5. The SMILES string of the molecule is CC(C)(C)C[c-]1ccc2cc3c(cc21)CCC3.Cc1c(C)c(C)[c-](C)c1C.[CH3-].[CH3-].[Hf+4]. The standard InChI is InChI=1S/C17H21.C10H15.2CH3.Hf/c1-17(2,3)11-15-8-7-14-9-12-5-4-6-13(12)10-16(14)15;1-6-7(2)9(4)10(5)8(6)3;;;/h7-10H,4-6,11H2,1-3H3;1-5H3;2*1H3;/q4*-1;+4. The van der Waals surface area contributed by atoms with Gasteiger partial charge < -0.3 is 14.9 Å². The van der Waals surface area contributed by atoms with Crippen LogP contribution in [0, 0.1) is 54.9 Å². The molecular weight excluding hydrogens is 527 g/mol. The van der Waals surface area contributed by atoms with Crippen molar-refractivity contribution in [3.8, 4) is 0 Å². The second-order valence-electron chi connectivity index (χ2n) is 9.78. The van der Waals surface area contributed by atoms with Gasteiger partial charge in [-0.1, -0.05) is 72.9 Å². The monoisotopic (exact) mass is 570 g/mol. The molecule has 162 valence electrons. The van der Waals surface area contributed by atoms with Crippen LogP contribution in [0.3, 0.4) is 0 Å². The summed E-state index contributed by atoms with van der Waals surface area (Å²) in [5, 5.41) is 2.95. The van der Waals surface area contributed by atoms with Crippen molar-refractivity contribution in [2.45, 2.75) is 81.1 Å². The quantitative estimate of drug-likeness (QED) is 0.204. The molecule has 0 nitrogen and oxygen atoms in total. The zero-order valence-electron chi connectivity index (χ0n) is 21.1. The molecule has 0 spiro atoms. The first-order valence-electron chi connectivity index (χ1n) is 10.5. The van der Waals surface area contributed by atoms with Crippen molar-refractivity contribution in [1.82, 2.24) is 0 Å². The van der Waals surface area contributed by atoms with Crippen molar-refractivity contribution in [1.29, 1.82) is 0 Å². The number of aryl methyl sites for hydroxylation is 2. The molecule has 0 atom stereocenters. The number of hydrogen-bond acceptors (Lipinski definition) is 0. The third kappa shape index (κ3) is 6.06. The van der Waals surface area contributed by atoms with Gasteiger partial charge in [0.15, 0.2) is 0 Å². The Morgan fingerprint density at radius 1 is 0.867 bits per heavy atom. The summed E-state index contributed by atoms with van der Waals surface area (Å²) < 4.78 is 0. The van der Waals surface area contributed by atoms with Gasteiger partial charge in [0.1, 0.15) is 0 Å². The minimum atomic E-state index is 0. The van der Waals surface area contributed by atoms with Gasteiger partial charge >= 0.3 is 25.8 Å². The molecule has 3 aromatic carbocycles. The summed E-state index contributed by atoms with van der Waals surface area (Å²) in [7, 11) is 0. The number of rotatable bonds is 1. The van der Waals surface area contributed by atoms with Crippen LogP contribution in [0.2, 0.25) is 0 Å². The Morgan fingerprint density at radius 2 is 1.37 bits per heavy atom. The fourth-order valence-electron chi connectivity index (χ4n) is 4.47. The second-order valence-corrected chi connectivity index (χ2v) is 9.78. The average molecular weight is 569 g/mol. The predicted molar refractivity (Wildman–Crippen MR) is 133 cm³/mol. The van der Waals surface area contributed by atoms with Gasteiger partial charge in [-0.15, -0.1) is 34.5 Å². The molecule has 0 bridgehead atoms. The summed E-state index contributed by atoms with van der Waals surface area (Å²) in [5.41, 5.74) is 12.4. The average Bonchev–Trinajstić information content (AvgIpc) is 3.25. The van der Waals surface area contributed by atoms with Gasteiger partial charge in [0.2, 0.25) is 0 Å². The summed E-state index contributed by atoms with van der Waals surface area (Å²) in [6, 6.07) is 9.50. The van der Waals surface area contributed by atoms with Crippen molar-refractivity contribution in [3.63, 3.8) is 0 Å². The summed E-state index contributed by atoms with van der Waals surface area (Å²) in [5.74, 6) is 0. The summed E-state index contributed by atoms with van der Waals surface area (Å²) in [6.07, 6.45) is 5.09. The second kappa shape index (κ2) is 11.1. The summed E-state index contributed by atoms with van der Waals surface area (Å²) >= 11 is 0. The fourth-order valence-corrected chi connectivity index (χ4v) is 4.47. The molecule has 3 aromatic rings. The molecule has 4 rings (SSSR count). The molecule has 1 aliphatic rings. The Hall–Kier alpha value is -0.950. The molecule has 0 aliphatic heterocycles. The van der Waals surface area contributed by atoms with E-state index < -0.39 is 0 Å². The van der Waals surface area contributed by atoms with Crippen LogP contribution in [-0.2, 0) is 45.1 Å². The minimum absolute atomic E-state index is 0. The van der Waals surface area contributed by atoms with E-state index >= 15 is 0 Å². The molecular formula is C29H42Hf. The van der Waals surface area contributed by atoms with E-state index in [1.807, 2.05) is 0 Å². The molecule has 0 unspecified atom stereocenters. The molecule has 0 radical (unpaired) electrons. The summed E-state index contributed by atoms with van der Waals surface area (Å²) in [4.78, 5) is 0. The normalized spacial score (nSPS) is 12.3. The van der Waals surface area contributed by atoms with Gasteiger partial charge in [0.05, 0.1) is 0 Å².